The largest absolute Gasteiger partial charge is 0.504 e. The van der Waals surface area contributed by atoms with E-state index in [9.17, 15) is 25.2 Å². The fourth-order valence-electron chi connectivity index (χ4n) is 11.7. The molecule has 1 spiro atoms. The molecule has 2 bridgehead atoms. The molecule has 1 aliphatic heterocycles. The van der Waals surface area contributed by atoms with E-state index in [1.54, 1.807) is 18.2 Å². The summed E-state index contributed by atoms with van der Waals surface area (Å²) in [6.07, 6.45) is 5.99. The van der Waals surface area contributed by atoms with Crippen molar-refractivity contribution in [1.82, 2.24) is 10.6 Å². The zero-order valence-corrected chi connectivity index (χ0v) is 29.6. The maximum Gasteiger partial charge on any atom is 0.160 e. The van der Waals surface area contributed by atoms with E-state index in [1.807, 2.05) is 37.4 Å². The van der Waals surface area contributed by atoms with Gasteiger partial charge in [-0.25, -0.2) is 0 Å². The maximum atomic E-state index is 14.6. The van der Waals surface area contributed by atoms with Gasteiger partial charge in [-0.2, -0.15) is 0 Å². The fraction of sp³-hybridized carbons (Fsp3) is 0.512. The van der Waals surface area contributed by atoms with Crippen molar-refractivity contribution in [3.8, 4) is 34.8 Å². The minimum absolute atomic E-state index is 0.00231. The molecule has 0 radical (unpaired) electrons. The standard InChI is InChI=1S/C43H50N2O6/c1-44-24-30-18-31-9-6-14-42-16-15-41(50)23-32(46)20-33(28-12-13-36(47)39(19-28)51-2)27(17-26-7-4-3-5-8-26)10-11-29(25-45-42)40(41)43(31,42)35-22-38(49)37(48)21-34(30)35/h3-5,7-8,12-13,19,21-22,27,29-31,33,40,44-45,47-50H,6,9,14-18,20,23-25H2,1-2H3. The lowest BCUT2D eigenvalue weighted by atomic mass is 9.35. The lowest BCUT2D eigenvalue weighted by Crippen LogP contribution is -2.80. The van der Waals surface area contributed by atoms with Crippen LogP contribution < -0.4 is 15.4 Å². The van der Waals surface area contributed by atoms with Crippen LogP contribution in [0.3, 0.4) is 0 Å². The third kappa shape index (κ3) is 5.34. The number of phenols is 3. The van der Waals surface area contributed by atoms with Crippen LogP contribution >= 0.6 is 0 Å². The van der Waals surface area contributed by atoms with Crippen molar-refractivity contribution in [1.29, 1.82) is 0 Å². The molecule has 4 aliphatic carbocycles. The summed E-state index contributed by atoms with van der Waals surface area (Å²) in [7, 11) is 3.47. The number of aliphatic hydroxyl groups is 1. The van der Waals surface area contributed by atoms with Crippen molar-refractivity contribution in [2.75, 3.05) is 27.2 Å². The van der Waals surface area contributed by atoms with Gasteiger partial charge in [-0.15, -0.1) is 0 Å². The van der Waals surface area contributed by atoms with Gasteiger partial charge in [-0.05, 0) is 104 Å². The van der Waals surface area contributed by atoms with Gasteiger partial charge in [0.2, 0.25) is 0 Å². The Labute approximate surface area is 300 Å². The number of carbonyl (C=O) groups excluding carboxylic acids is 1. The number of piperidine rings is 1. The molecule has 5 aliphatic rings. The number of hydrogen-bond acceptors (Lipinski definition) is 8. The predicted octanol–water partition coefficient (Wildman–Crippen LogP) is 5.66. The summed E-state index contributed by atoms with van der Waals surface area (Å²) >= 11 is 0. The van der Waals surface area contributed by atoms with Gasteiger partial charge >= 0.3 is 0 Å². The molecule has 8 nitrogen and oxygen atoms in total. The summed E-state index contributed by atoms with van der Waals surface area (Å²) in [5.74, 6) is 6.90. The first-order chi connectivity index (χ1) is 24.6. The van der Waals surface area contributed by atoms with Crippen molar-refractivity contribution in [3.05, 3.63) is 82.9 Å². The Morgan fingerprint density at radius 2 is 1.78 bits per heavy atom. The van der Waals surface area contributed by atoms with Gasteiger partial charge in [0, 0.05) is 60.6 Å². The second kappa shape index (κ2) is 12.9. The number of benzene rings is 3. The lowest BCUT2D eigenvalue weighted by molar-refractivity contribution is -0.194. The molecule has 1 heterocycles. The van der Waals surface area contributed by atoms with Crippen LogP contribution in [-0.4, -0.2) is 64.6 Å². The van der Waals surface area contributed by atoms with Gasteiger partial charge < -0.3 is 35.8 Å². The van der Waals surface area contributed by atoms with Crippen molar-refractivity contribution in [2.45, 2.75) is 86.2 Å². The number of fused-ring (bicyclic) bond motifs is 1. The van der Waals surface area contributed by atoms with E-state index >= 15 is 0 Å². The highest BCUT2D eigenvalue weighted by molar-refractivity contribution is 5.81. The molecule has 2 saturated carbocycles. The van der Waals surface area contributed by atoms with Crippen LogP contribution in [0.25, 0.3) is 0 Å². The topological polar surface area (TPSA) is 131 Å². The molecule has 0 aromatic heterocycles. The molecule has 8 heteroatoms. The summed E-state index contributed by atoms with van der Waals surface area (Å²) in [6, 6.07) is 19.1. The van der Waals surface area contributed by atoms with E-state index in [4.69, 9.17) is 4.74 Å². The summed E-state index contributed by atoms with van der Waals surface area (Å²) in [5, 5.41) is 53.0. The van der Waals surface area contributed by atoms with E-state index in [1.165, 1.54) is 7.11 Å². The van der Waals surface area contributed by atoms with Crippen LogP contribution in [0.5, 0.6) is 23.0 Å². The normalized spacial score (nSPS) is 35.3. The molecular formula is C43H50N2O6. The fourth-order valence-corrected chi connectivity index (χ4v) is 11.7. The van der Waals surface area contributed by atoms with Crippen LogP contribution in [0.1, 0.15) is 85.5 Å². The number of hydrogen-bond donors (Lipinski definition) is 6. The first-order valence-electron chi connectivity index (χ1n) is 18.7. The third-order valence-corrected chi connectivity index (χ3v) is 13.6. The molecule has 51 heavy (non-hydrogen) atoms. The first kappa shape index (κ1) is 34.1. The number of phenolic OH excluding ortho intramolecular Hbond substituents is 3. The van der Waals surface area contributed by atoms with E-state index in [0.717, 1.165) is 60.9 Å². The van der Waals surface area contributed by atoms with Crippen molar-refractivity contribution in [3.63, 3.8) is 0 Å². The molecule has 0 amide bonds. The predicted molar refractivity (Wildman–Crippen MR) is 195 cm³/mol. The average molecular weight is 691 g/mol. The molecule has 6 N–H and O–H groups in total. The number of ether oxygens (including phenoxy) is 1. The SMILES string of the molecule is CNCC1CC2CCCC34CCC5(O)CC(=O)CC(c6ccc(O)c(OC)c6)C(Cc6ccccc6)C#CC(CN3)C5C24c2cc(O)c(O)cc21. The van der Waals surface area contributed by atoms with Crippen LogP contribution in [0.15, 0.2) is 60.7 Å². The highest BCUT2D eigenvalue weighted by atomic mass is 16.5. The summed E-state index contributed by atoms with van der Waals surface area (Å²) in [4.78, 5) is 14.6. The summed E-state index contributed by atoms with van der Waals surface area (Å²) in [5.41, 5.74) is 1.82. The van der Waals surface area contributed by atoms with Crippen LogP contribution in [0.4, 0.5) is 0 Å². The number of ketones is 1. The van der Waals surface area contributed by atoms with E-state index in [-0.39, 0.29) is 76.9 Å². The maximum absolute atomic E-state index is 14.6. The van der Waals surface area contributed by atoms with Crippen molar-refractivity contribution >= 4 is 5.78 Å². The molecule has 8 rings (SSSR count). The Bertz CT molecular complexity index is 1890. The molecule has 3 aromatic rings. The highest BCUT2D eigenvalue weighted by Crippen LogP contribution is 2.70. The van der Waals surface area contributed by atoms with Gasteiger partial charge in [0.25, 0.3) is 0 Å². The Morgan fingerprint density at radius 3 is 2.57 bits per heavy atom. The number of Topliss-reactive ketones (excluding diaryl/α,β-unsaturated/α-hetero) is 1. The van der Waals surface area contributed by atoms with E-state index < -0.39 is 11.0 Å². The van der Waals surface area contributed by atoms with Crippen LogP contribution in [0.2, 0.25) is 0 Å². The van der Waals surface area contributed by atoms with Crippen LogP contribution in [-0.2, 0) is 16.6 Å². The Kier molecular flexibility index (Phi) is 8.60. The quantitative estimate of drug-likeness (QED) is 0.144. The number of likely N-dealkylation sites (N-methyl/N-ethyl adjacent to an activating group) is 1. The van der Waals surface area contributed by atoms with Crippen LogP contribution in [0, 0.1) is 35.5 Å². The Morgan fingerprint density at radius 1 is 0.980 bits per heavy atom. The molecule has 3 aromatic carbocycles. The zero-order valence-electron chi connectivity index (χ0n) is 29.6. The molecule has 3 fully saturated rings. The number of nitrogens with one attached hydrogen (secondary N) is 2. The van der Waals surface area contributed by atoms with Crippen molar-refractivity contribution in [2.24, 2.45) is 23.7 Å². The molecule has 9 atom stereocenters. The summed E-state index contributed by atoms with van der Waals surface area (Å²) < 4.78 is 5.49. The molecular weight excluding hydrogens is 640 g/mol. The second-order valence-corrected chi connectivity index (χ2v) is 16.1. The highest BCUT2D eigenvalue weighted by Gasteiger charge is 2.73. The zero-order chi connectivity index (χ0) is 35.5. The minimum Gasteiger partial charge on any atom is -0.504 e. The van der Waals surface area contributed by atoms with Crippen molar-refractivity contribution < 1.29 is 30.0 Å². The number of aromatic hydroxyl groups is 3. The molecule has 268 valence electrons. The Hall–Kier alpha value is -4.03. The summed E-state index contributed by atoms with van der Waals surface area (Å²) in [6.45, 7) is 1.35. The van der Waals surface area contributed by atoms with Gasteiger partial charge in [0.05, 0.1) is 12.7 Å². The van der Waals surface area contributed by atoms with E-state index in [0.29, 0.717) is 25.1 Å². The number of rotatable bonds is 6. The minimum atomic E-state index is -1.30. The Balaban J connectivity index is 1.33. The molecule has 9 unspecified atom stereocenters. The van der Waals surface area contributed by atoms with Gasteiger partial charge in [0.15, 0.2) is 23.0 Å². The number of methoxy groups -OCH3 is 1. The molecule has 1 saturated heterocycles. The monoisotopic (exact) mass is 690 g/mol. The van der Waals surface area contributed by atoms with Gasteiger partial charge in [-0.1, -0.05) is 54.7 Å². The third-order valence-electron chi connectivity index (χ3n) is 13.6. The van der Waals surface area contributed by atoms with E-state index in [2.05, 4.69) is 34.6 Å². The number of carbonyl (C=O) groups is 1. The lowest BCUT2D eigenvalue weighted by Gasteiger charge is -2.73. The van der Waals surface area contributed by atoms with Gasteiger partial charge in [0.1, 0.15) is 5.78 Å². The first-order valence-corrected chi connectivity index (χ1v) is 18.7. The van der Waals surface area contributed by atoms with Gasteiger partial charge in [-0.3, -0.25) is 4.79 Å². The average Bonchev–Trinajstić information content (AvgIpc) is 3.12. The smallest absolute Gasteiger partial charge is 0.160 e. The second-order valence-electron chi connectivity index (χ2n) is 16.1.